The molecule has 2 saturated heterocycles. The monoisotopic (exact) mass is 376 g/mol. The maximum absolute atomic E-state index is 13.6. The second kappa shape index (κ2) is 8.52. The predicted octanol–water partition coefficient (Wildman–Crippen LogP) is 2.35. The van der Waals surface area contributed by atoms with Crippen LogP contribution in [0.1, 0.15) is 37.7 Å². The van der Waals surface area contributed by atoms with Crippen molar-refractivity contribution in [1.82, 2.24) is 15.2 Å². The van der Waals surface area contributed by atoms with E-state index in [4.69, 9.17) is 9.57 Å². The van der Waals surface area contributed by atoms with Gasteiger partial charge < -0.3 is 14.9 Å². The first kappa shape index (κ1) is 18.6. The van der Waals surface area contributed by atoms with Gasteiger partial charge >= 0.3 is 0 Å². The number of ether oxygens (including phenoxy) is 1. The minimum atomic E-state index is -0.303. The Morgan fingerprint density at radius 2 is 2.00 bits per heavy atom. The van der Waals surface area contributed by atoms with Crippen molar-refractivity contribution in [3.63, 3.8) is 0 Å². The van der Waals surface area contributed by atoms with Crippen LogP contribution in [0.3, 0.4) is 0 Å². The Hall–Kier alpha value is -1.73. The molecule has 4 heterocycles. The molecule has 1 N–H and O–H groups in total. The molecule has 0 aliphatic carbocycles. The van der Waals surface area contributed by atoms with Gasteiger partial charge in [0.2, 0.25) is 5.90 Å². The molecular formula is C20H29FN4O2. The highest BCUT2D eigenvalue weighted by Gasteiger charge is 2.42. The molecule has 27 heavy (non-hydrogen) atoms. The summed E-state index contributed by atoms with van der Waals surface area (Å²) in [7, 11) is 0. The Morgan fingerprint density at radius 3 is 2.78 bits per heavy atom. The summed E-state index contributed by atoms with van der Waals surface area (Å²) in [4.78, 5) is 12.1. The molecule has 7 heteroatoms. The second-order valence-corrected chi connectivity index (χ2v) is 8.01. The van der Waals surface area contributed by atoms with Crippen LogP contribution in [0.2, 0.25) is 0 Å². The molecule has 0 radical (unpaired) electrons. The van der Waals surface area contributed by atoms with Crippen LogP contribution in [0.5, 0.6) is 0 Å². The fourth-order valence-electron chi connectivity index (χ4n) is 4.45. The third-order valence-electron chi connectivity index (χ3n) is 5.92. The molecule has 0 aromatic carbocycles. The molecule has 0 amide bonds. The Morgan fingerprint density at radius 1 is 1.19 bits per heavy atom. The number of hydrogen-bond acceptors (Lipinski definition) is 6. The van der Waals surface area contributed by atoms with Gasteiger partial charge in [-0.25, -0.2) is 4.39 Å². The van der Waals surface area contributed by atoms with E-state index in [9.17, 15) is 4.39 Å². The van der Waals surface area contributed by atoms with E-state index in [1.165, 1.54) is 25.5 Å². The van der Waals surface area contributed by atoms with Crippen LogP contribution in [-0.4, -0.2) is 61.2 Å². The first-order valence-electron chi connectivity index (χ1n) is 10.1. The maximum Gasteiger partial charge on any atom is 0.232 e. The maximum atomic E-state index is 13.6. The number of piperidine rings is 2. The van der Waals surface area contributed by atoms with Crippen LogP contribution < -0.4 is 5.32 Å². The summed E-state index contributed by atoms with van der Waals surface area (Å²) < 4.78 is 20.0. The topological polar surface area (TPSA) is 59.0 Å². The molecule has 1 unspecified atom stereocenters. The fraction of sp³-hybridized carbons (Fsp3) is 0.700. The van der Waals surface area contributed by atoms with Crippen molar-refractivity contribution in [3.8, 4) is 0 Å². The lowest BCUT2D eigenvalue weighted by atomic mass is 9.74. The van der Waals surface area contributed by atoms with Crippen molar-refractivity contribution >= 4 is 5.90 Å². The lowest BCUT2D eigenvalue weighted by molar-refractivity contribution is -0.0242. The predicted molar refractivity (Wildman–Crippen MR) is 101 cm³/mol. The lowest BCUT2D eigenvalue weighted by Gasteiger charge is -2.41. The minimum absolute atomic E-state index is 0.00740. The van der Waals surface area contributed by atoms with Crippen molar-refractivity contribution in [2.75, 3.05) is 39.3 Å². The molecule has 2 fully saturated rings. The Labute approximate surface area is 160 Å². The molecule has 0 bridgehead atoms. The summed E-state index contributed by atoms with van der Waals surface area (Å²) in [5.41, 5.74) is 0.614. The number of oxime groups is 1. The van der Waals surface area contributed by atoms with E-state index >= 15 is 0 Å². The number of hydrogen-bond donors (Lipinski definition) is 1. The van der Waals surface area contributed by atoms with E-state index in [0.717, 1.165) is 51.1 Å². The zero-order valence-electron chi connectivity index (χ0n) is 15.8. The van der Waals surface area contributed by atoms with Gasteiger partial charge in [-0.3, -0.25) is 9.88 Å². The minimum Gasteiger partial charge on any atom is -0.470 e. The standard InChI is InChI=1S/C20H29FN4O2/c21-17-10-16(12-23-13-17)11-20(4-6-22-7-5-20)19-24-26-15-18(27-19)14-25-8-2-1-3-9-25/h10,12-13,18,22H,1-9,11,14-15H2. The molecule has 148 valence electrons. The van der Waals surface area contributed by atoms with Crippen molar-refractivity contribution in [2.24, 2.45) is 10.6 Å². The molecule has 3 aliphatic heterocycles. The quantitative estimate of drug-likeness (QED) is 0.855. The summed E-state index contributed by atoms with van der Waals surface area (Å²) in [5, 5.41) is 7.72. The van der Waals surface area contributed by atoms with Crippen LogP contribution in [0.4, 0.5) is 4.39 Å². The molecular weight excluding hydrogens is 347 g/mol. The van der Waals surface area contributed by atoms with Crippen LogP contribution in [-0.2, 0) is 16.0 Å². The summed E-state index contributed by atoms with van der Waals surface area (Å²) in [6, 6.07) is 1.56. The van der Waals surface area contributed by atoms with Crippen LogP contribution in [0, 0.1) is 11.2 Å². The van der Waals surface area contributed by atoms with Crippen LogP contribution >= 0.6 is 0 Å². The molecule has 1 atom stereocenters. The van der Waals surface area contributed by atoms with E-state index in [1.807, 2.05) is 0 Å². The lowest BCUT2D eigenvalue weighted by Crippen LogP contribution is -2.49. The average Bonchev–Trinajstić information content (AvgIpc) is 2.70. The van der Waals surface area contributed by atoms with Gasteiger partial charge in [0.25, 0.3) is 0 Å². The fourth-order valence-corrected chi connectivity index (χ4v) is 4.45. The molecule has 1 aromatic heterocycles. The summed E-state index contributed by atoms with van der Waals surface area (Å²) in [6.45, 7) is 5.43. The first-order valence-corrected chi connectivity index (χ1v) is 10.1. The number of aromatic nitrogens is 1. The van der Waals surface area contributed by atoms with Gasteiger partial charge in [0.05, 0.1) is 11.6 Å². The van der Waals surface area contributed by atoms with Gasteiger partial charge in [0.1, 0.15) is 11.9 Å². The molecule has 6 nitrogen and oxygen atoms in total. The average molecular weight is 376 g/mol. The van der Waals surface area contributed by atoms with Crippen molar-refractivity contribution in [1.29, 1.82) is 0 Å². The van der Waals surface area contributed by atoms with Gasteiger partial charge in [-0.05, 0) is 69.9 Å². The number of likely N-dealkylation sites (tertiary alicyclic amines) is 1. The van der Waals surface area contributed by atoms with E-state index in [1.54, 1.807) is 12.3 Å². The highest BCUT2D eigenvalue weighted by molar-refractivity contribution is 5.83. The third-order valence-corrected chi connectivity index (χ3v) is 5.92. The van der Waals surface area contributed by atoms with Gasteiger partial charge in [0, 0.05) is 12.7 Å². The van der Waals surface area contributed by atoms with Crippen LogP contribution in [0.25, 0.3) is 0 Å². The smallest absolute Gasteiger partial charge is 0.232 e. The van der Waals surface area contributed by atoms with Gasteiger partial charge in [-0.15, -0.1) is 0 Å². The summed E-state index contributed by atoms with van der Waals surface area (Å²) >= 11 is 0. The normalized spacial score (nSPS) is 26.0. The second-order valence-electron chi connectivity index (χ2n) is 8.01. The van der Waals surface area contributed by atoms with E-state index in [-0.39, 0.29) is 17.3 Å². The SMILES string of the molecule is Fc1cncc(CC2(C3=NOCC(CN4CCCCC4)O3)CCNCC2)c1. The highest BCUT2D eigenvalue weighted by Crippen LogP contribution is 2.37. The molecule has 1 aromatic rings. The zero-order valence-corrected chi connectivity index (χ0v) is 15.8. The third kappa shape index (κ3) is 4.58. The molecule has 0 saturated carbocycles. The van der Waals surface area contributed by atoms with E-state index < -0.39 is 0 Å². The Bertz CT molecular complexity index is 657. The Kier molecular flexibility index (Phi) is 5.88. The molecule has 0 spiro atoms. The van der Waals surface area contributed by atoms with Gasteiger partial charge in [0.15, 0.2) is 6.61 Å². The molecule has 4 rings (SSSR count). The van der Waals surface area contributed by atoms with Crippen molar-refractivity contribution in [3.05, 3.63) is 29.8 Å². The van der Waals surface area contributed by atoms with Crippen molar-refractivity contribution < 1.29 is 14.0 Å². The Balaban J connectivity index is 1.48. The number of halogens is 1. The first-order chi connectivity index (χ1) is 13.2. The summed E-state index contributed by atoms with van der Waals surface area (Å²) in [5.74, 6) is 0.379. The van der Waals surface area contributed by atoms with E-state index in [0.29, 0.717) is 18.9 Å². The highest BCUT2D eigenvalue weighted by atomic mass is 19.1. The summed E-state index contributed by atoms with van der Waals surface area (Å²) in [6.07, 6.45) is 9.28. The number of rotatable bonds is 5. The molecule has 3 aliphatic rings. The largest absolute Gasteiger partial charge is 0.470 e. The zero-order chi connectivity index (χ0) is 18.5. The number of nitrogens with zero attached hydrogens (tertiary/aromatic N) is 3. The van der Waals surface area contributed by atoms with Crippen molar-refractivity contribution in [2.45, 2.75) is 44.6 Å². The number of nitrogens with one attached hydrogen (secondary N) is 1. The van der Waals surface area contributed by atoms with E-state index in [2.05, 4.69) is 20.4 Å². The number of pyridine rings is 1. The van der Waals surface area contributed by atoms with Gasteiger partial charge in [-0.1, -0.05) is 11.6 Å². The van der Waals surface area contributed by atoms with Crippen LogP contribution in [0.15, 0.2) is 23.6 Å². The van der Waals surface area contributed by atoms with Gasteiger partial charge in [-0.2, -0.15) is 0 Å².